The number of rotatable bonds is 3. The van der Waals surface area contributed by atoms with E-state index in [-0.39, 0.29) is 0 Å². The van der Waals surface area contributed by atoms with Crippen LogP contribution in [0.3, 0.4) is 0 Å². The highest BCUT2D eigenvalue weighted by Gasteiger charge is 2.16. The SMILES string of the molecule is CSc1cc(Br)ccc1CN1CCNC(C)C1. The second kappa shape index (κ2) is 6.23. The number of benzene rings is 1. The van der Waals surface area contributed by atoms with Crippen molar-refractivity contribution in [1.29, 1.82) is 0 Å². The van der Waals surface area contributed by atoms with E-state index in [9.17, 15) is 0 Å². The Morgan fingerprint density at radius 2 is 2.35 bits per heavy atom. The third-order valence-electron chi connectivity index (χ3n) is 3.10. The fraction of sp³-hybridized carbons (Fsp3) is 0.538. The van der Waals surface area contributed by atoms with Crippen LogP contribution in [-0.2, 0) is 6.54 Å². The van der Waals surface area contributed by atoms with E-state index >= 15 is 0 Å². The Hall–Kier alpha value is -0.0300. The molecule has 2 nitrogen and oxygen atoms in total. The Bertz CT molecular complexity index is 384. The van der Waals surface area contributed by atoms with E-state index in [0.717, 1.165) is 26.2 Å². The highest BCUT2D eigenvalue weighted by molar-refractivity contribution is 9.10. The van der Waals surface area contributed by atoms with E-state index in [1.54, 1.807) is 0 Å². The van der Waals surface area contributed by atoms with Gasteiger partial charge in [0.25, 0.3) is 0 Å². The first-order chi connectivity index (χ1) is 8.19. The third kappa shape index (κ3) is 3.71. The van der Waals surface area contributed by atoms with Gasteiger partial charge in [-0.05, 0) is 30.9 Å². The van der Waals surface area contributed by atoms with E-state index < -0.39 is 0 Å². The van der Waals surface area contributed by atoms with Gasteiger partial charge in [-0.2, -0.15) is 0 Å². The van der Waals surface area contributed by atoms with Crippen molar-refractivity contribution in [2.45, 2.75) is 24.4 Å². The Kier molecular flexibility index (Phi) is 4.91. The van der Waals surface area contributed by atoms with Gasteiger partial charge in [-0.1, -0.05) is 22.0 Å². The molecule has 4 heteroatoms. The minimum Gasteiger partial charge on any atom is -0.312 e. The maximum Gasteiger partial charge on any atom is 0.0246 e. The summed E-state index contributed by atoms with van der Waals surface area (Å²) in [4.78, 5) is 3.91. The summed E-state index contributed by atoms with van der Waals surface area (Å²) >= 11 is 5.36. The average Bonchev–Trinajstić information content (AvgIpc) is 2.31. The van der Waals surface area contributed by atoms with Gasteiger partial charge >= 0.3 is 0 Å². The number of thioether (sulfide) groups is 1. The van der Waals surface area contributed by atoms with E-state index in [1.807, 2.05) is 11.8 Å². The predicted molar refractivity (Wildman–Crippen MR) is 78.7 cm³/mol. The zero-order valence-corrected chi connectivity index (χ0v) is 12.8. The molecule has 0 radical (unpaired) electrons. The summed E-state index contributed by atoms with van der Waals surface area (Å²) in [5.74, 6) is 0. The maximum atomic E-state index is 3.53. The number of nitrogens with zero attached hydrogens (tertiary/aromatic N) is 1. The lowest BCUT2D eigenvalue weighted by Crippen LogP contribution is -2.48. The van der Waals surface area contributed by atoms with Crippen LogP contribution in [0.25, 0.3) is 0 Å². The van der Waals surface area contributed by atoms with Gasteiger partial charge in [0.05, 0.1) is 0 Å². The summed E-state index contributed by atoms with van der Waals surface area (Å²) in [5.41, 5.74) is 1.44. The first kappa shape index (κ1) is 13.4. The van der Waals surface area contributed by atoms with Crippen molar-refractivity contribution in [3.05, 3.63) is 28.2 Å². The molecule has 0 aromatic heterocycles. The lowest BCUT2D eigenvalue weighted by molar-refractivity contribution is 0.198. The minimum atomic E-state index is 0.608. The van der Waals surface area contributed by atoms with Gasteiger partial charge in [-0.25, -0.2) is 0 Å². The molecule has 0 saturated carbocycles. The van der Waals surface area contributed by atoms with Crippen LogP contribution >= 0.6 is 27.7 Å². The molecule has 1 aliphatic rings. The minimum absolute atomic E-state index is 0.608. The summed E-state index contributed by atoms with van der Waals surface area (Å²) in [6, 6.07) is 7.20. The zero-order chi connectivity index (χ0) is 12.3. The second-order valence-corrected chi connectivity index (χ2v) is 6.31. The van der Waals surface area contributed by atoms with Gasteiger partial charge in [0, 0.05) is 41.6 Å². The summed E-state index contributed by atoms with van der Waals surface area (Å²) < 4.78 is 1.17. The molecule has 1 aromatic rings. The molecule has 94 valence electrons. The van der Waals surface area contributed by atoms with E-state index in [1.165, 1.54) is 14.9 Å². The summed E-state index contributed by atoms with van der Waals surface area (Å²) in [6.07, 6.45) is 2.14. The Morgan fingerprint density at radius 1 is 1.53 bits per heavy atom. The quantitative estimate of drug-likeness (QED) is 0.864. The van der Waals surface area contributed by atoms with Gasteiger partial charge in [0.1, 0.15) is 0 Å². The van der Waals surface area contributed by atoms with Gasteiger partial charge in [-0.3, -0.25) is 4.90 Å². The molecular weight excluding hydrogens is 296 g/mol. The van der Waals surface area contributed by atoms with Gasteiger partial charge in [0.15, 0.2) is 0 Å². The number of hydrogen-bond acceptors (Lipinski definition) is 3. The molecule has 1 N–H and O–H groups in total. The molecule has 1 unspecified atom stereocenters. The van der Waals surface area contributed by atoms with Crippen LogP contribution in [0.5, 0.6) is 0 Å². The zero-order valence-electron chi connectivity index (χ0n) is 10.4. The van der Waals surface area contributed by atoms with Gasteiger partial charge in [-0.15, -0.1) is 11.8 Å². The molecule has 0 spiro atoms. The van der Waals surface area contributed by atoms with Crippen molar-refractivity contribution in [2.75, 3.05) is 25.9 Å². The van der Waals surface area contributed by atoms with Crippen molar-refractivity contribution < 1.29 is 0 Å². The van der Waals surface area contributed by atoms with E-state index in [4.69, 9.17) is 0 Å². The Balaban J connectivity index is 2.07. The number of nitrogens with one attached hydrogen (secondary N) is 1. The van der Waals surface area contributed by atoms with Crippen LogP contribution in [0, 0.1) is 0 Å². The van der Waals surface area contributed by atoms with Crippen LogP contribution in [0.15, 0.2) is 27.6 Å². The van der Waals surface area contributed by atoms with Crippen LogP contribution in [0.4, 0.5) is 0 Å². The number of hydrogen-bond donors (Lipinski definition) is 1. The fourth-order valence-electron chi connectivity index (χ4n) is 2.25. The van der Waals surface area contributed by atoms with Crippen molar-refractivity contribution in [1.82, 2.24) is 10.2 Å². The summed E-state index contributed by atoms with van der Waals surface area (Å²) in [5, 5.41) is 3.48. The molecule has 2 rings (SSSR count). The van der Waals surface area contributed by atoms with Gasteiger partial charge in [0.2, 0.25) is 0 Å². The molecule has 1 saturated heterocycles. The van der Waals surface area contributed by atoms with Crippen molar-refractivity contribution >= 4 is 27.7 Å². The normalized spacial score (nSPS) is 21.7. The van der Waals surface area contributed by atoms with Crippen LogP contribution in [0.2, 0.25) is 0 Å². The van der Waals surface area contributed by atoms with Crippen LogP contribution < -0.4 is 5.32 Å². The average molecular weight is 315 g/mol. The lowest BCUT2D eigenvalue weighted by atomic mass is 10.1. The highest BCUT2D eigenvalue weighted by atomic mass is 79.9. The van der Waals surface area contributed by atoms with Crippen molar-refractivity contribution in [2.24, 2.45) is 0 Å². The fourth-order valence-corrected chi connectivity index (χ4v) is 3.40. The van der Waals surface area contributed by atoms with E-state index in [0.29, 0.717) is 6.04 Å². The molecule has 0 amide bonds. The van der Waals surface area contributed by atoms with Gasteiger partial charge < -0.3 is 5.32 Å². The second-order valence-electron chi connectivity index (χ2n) is 4.55. The monoisotopic (exact) mass is 314 g/mol. The highest BCUT2D eigenvalue weighted by Crippen LogP contribution is 2.26. The summed E-state index contributed by atoms with van der Waals surface area (Å²) in [6.45, 7) is 6.71. The predicted octanol–water partition coefficient (Wildman–Crippen LogP) is 2.96. The maximum absolute atomic E-state index is 3.53. The molecule has 17 heavy (non-hydrogen) atoms. The molecule has 1 atom stereocenters. The Labute approximate surface area is 116 Å². The molecule has 0 bridgehead atoms. The topological polar surface area (TPSA) is 15.3 Å². The molecule has 0 aliphatic carbocycles. The molecular formula is C13H19BrN2S. The number of piperazine rings is 1. The summed E-state index contributed by atoms with van der Waals surface area (Å²) in [7, 11) is 0. The molecule has 1 aliphatic heterocycles. The largest absolute Gasteiger partial charge is 0.312 e. The van der Waals surface area contributed by atoms with Crippen molar-refractivity contribution in [3.63, 3.8) is 0 Å². The third-order valence-corrected chi connectivity index (χ3v) is 4.41. The standard InChI is InChI=1S/C13H19BrN2S/c1-10-8-16(6-5-15-10)9-11-3-4-12(14)7-13(11)17-2/h3-4,7,10,15H,5-6,8-9H2,1-2H3. The molecule has 1 fully saturated rings. The van der Waals surface area contributed by atoms with Crippen LogP contribution in [0.1, 0.15) is 12.5 Å². The van der Waals surface area contributed by atoms with Crippen LogP contribution in [-0.4, -0.2) is 36.8 Å². The molecule has 1 aromatic carbocycles. The van der Waals surface area contributed by atoms with Crippen molar-refractivity contribution in [3.8, 4) is 0 Å². The number of halogens is 1. The first-order valence-corrected chi connectivity index (χ1v) is 7.99. The Morgan fingerprint density at radius 3 is 3.06 bits per heavy atom. The van der Waals surface area contributed by atoms with E-state index in [2.05, 4.69) is 57.5 Å². The first-order valence-electron chi connectivity index (χ1n) is 5.97. The molecule has 1 heterocycles. The lowest BCUT2D eigenvalue weighted by Gasteiger charge is -2.32. The smallest absolute Gasteiger partial charge is 0.0246 e.